The number of ether oxygens (including phenoxy) is 4. The van der Waals surface area contributed by atoms with Crippen LogP contribution in [-0.2, 0) is 13.0 Å². The van der Waals surface area contributed by atoms with Gasteiger partial charge in [0.05, 0.1) is 34.0 Å². The Balaban J connectivity index is 1.70. The maximum atomic E-state index is 13.2. The summed E-state index contributed by atoms with van der Waals surface area (Å²) >= 11 is 0. The van der Waals surface area contributed by atoms with Crippen molar-refractivity contribution in [1.82, 2.24) is 9.88 Å². The summed E-state index contributed by atoms with van der Waals surface area (Å²) in [4.78, 5) is 18.3. The first-order valence-electron chi connectivity index (χ1n) is 9.36. The largest absolute Gasteiger partial charge is 0.497 e. The topological polar surface area (TPSA) is 73.0 Å². The zero-order valence-corrected chi connectivity index (χ0v) is 17.0. The molecular weight excluding hydrogens is 372 g/mol. The number of H-pyrrole nitrogens is 1. The van der Waals surface area contributed by atoms with Crippen molar-refractivity contribution in [3.63, 3.8) is 0 Å². The van der Waals surface area contributed by atoms with E-state index in [9.17, 15) is 4.79 Å². The summed E-state index contributed by atoms with van der Waals surface area (Å²) < 4.78 is 21.7. The molecule has 0 fully saturated rings. The molecule has 0 saturated carbocycles. The van der Waals surface area contributed by atoms with E-state index in [0.29, 0.717) is 41.5 Å². The highest BCUT2D eigenvalue weighted by Crippen LogP contribution is 2.41. The highest BCUT2D eigenvalue weighted by molar-refractivity contribution is 6.02. The molecule has 2 aromatic carbocycles. The van der Waals surface area contributed by atoms with Gasteiger partial charge in [-0.15, -0.1) is 0 Å². The van der Waals surface area contributed by atoms with Gasteiger partial charge in [-0.2, -0.15) is 0 Å². The van der Waals surface area contributed by atoms with Crippen molar-refractivity contribution in [2.45, 2.75) is 13.0 Å². The lowest BCUT2D eigenvalue weighted by Crippen LogP contribution is -2.36. The number of fused-ring (bicyclic) bond motifs is 2. The molecule has 3 aromatic rings. The maximum absolute atomic E-state index is 13.2. The molecule has 0 aliphatic carbocycles. The fourth-order valence-electron chi connectivity index (χ4n) is 3.86. The fourth-order valence-corrected chi connectivity index (χ4v) is 3.86. The van der Waals surface area contributed by atoms with Crippen molar-refractivity contribution in [2.75, 3.05) is 35.0 Å². The van der Waals surface area contributed by atoms with Gasteiger partial charge in [0.25, 0.3) is 5.91 Å². The van der Waals surface area contributed by atoms with Gasteiger partial charge in [-0.1, -0.05) is 6.07 Å². The Morgan fingerprint density at radius 3 is 2.41 bits per heavy atom. The summed E-state index contributed by atoms with van der Waals surface area (Å²) in [6.45, 7) is 1.20. The van der Waals surface area contributed by atoms with Crippen molar-refractivity contribution in [1.29, 1.82) is 0 Å². The van der Waals surface area contributed by atoms with Crippen LogP contribution in [0, 0.1) is 0 Å². The van der Waals surface area contributed by atoms with E-state index in [1.54, 1.807) is 40.6 Å². The third-order valence-electron chi connectivity index (χ3n) is 5.38. The van der Waals surface area contributed by atoms with E-state index >= 15 is 0 Å². The zero-order chi connectivity index (χ0) is 20.5. The number of benzene rings is 2. The lowest BCUT2D eigenvalue weighted by Gasteiger charge is -2.28. The smallest absolute Gasteiger partial charge is 0.270 e. The van der Waals surface area contributed by atoms with E-state index < -0.39 is 0 Å². The fraction of sp³-hybridized carbons (Fsp3) is 0.318. The highest BCUT2D eigenvalue weighted by atomic mass is 16.5. The summed E-state index contributed by atoms with van der Waals surface area (Å²) in [5.74, 6) is 2.41. The van der Waals surface area contributed by atoms with E-state index in [1.165, 1.54) is 5.56 Å². The monoisotopic (exact) mass is 396 g/mol. The molecule has 152 valence electrons. The van der Waals surface area contributed by atoms with Gasteiger partial charge in [-0.3, -0.25) is 4.79 Å². The molecule has 1 N–H and O–H groups in total. The summed E-state index contributed by atoms with van der Waals surface area (Å²) in [5, 5.41) is 0.771. The van der Waals surface area contributed by atoms with Crippen LogP contribution in [0.2, 0.25) is 0 Å². The van der Waals surface area contributed by atoms with Crippen LogP contribution in [0.5, 0.6) is 23.0 Å². The molecular formula is C22H24N2O5. The first-order chi connectivity index (χ1) is 14.1. The molecule has 7 heteroatoms. The van der Waals surface area contributed by atoms with Crippen molar-refractivity contribution in [3.05, 3.63) is 47.2 Å². The molecule has 0 spiro atoms. The van der Waals surface area contributed by atoms with Crippen molar-refractivity contribution in [2.24, 2.45) is 0 Å². The summed E-state index contributed by atoms with van der Waals surface area (Å²) in [6, 6.07) is 9.59. The molecule has 0 bridgehead atoms. The third kappa shape index (κ3) is 3.22. The van der Waals surface area contributed by atoms with Crippen LogP contribution in [0.3, 0.4) is 0 Å². The number of rotatable bonds is 5. The van der Waals surface area contributed by atoms with Crippen LogP contribution >= 0.6 is 0 Å². The number of nitrogens with one attached hydrogen (secondary N) is 1. The number of amides is 1. The Labute approximate surface area is 169 Å². The van der Waals surface area contributed by atoms with Gasteiger partial charge in [0, 0.05) is 24.5 Å². The Kier molecular flexibility index (Phi) is 4.96. The Morgan fingerprint density at radius 1 is 0.931 bits per heavy atom. The number of aromatic nitrogens is 1. The maximum Gasteiger partial charge on any atom is 0.270 e. The van der Waals surface area contributed by atoms with Crippen LogP contribution in [0.15, 0.2) is 30.3 Å². The Bertz CT molecular complexity index is 1070. The third-order valence-corrected chi connectivity index (χ3v) is 5.38. The molecule has 0 unspecified atom stereocenters. The lowest BCUT2D eigenvalue weighted by atomic mass is 9.99. The van der Waals surface area contributed by atoms with E-state index in [4.69, 9.17) is 18.9 Å². The first-order valence-corrected chi connectivity index (χ1v) is 9.36. The predicted octanol–water partition coefficient (Wildman–Crippen LogP) is 3.40. The van der Waals surface area contributed by atoms with Crippen LogP contribution in [0.4, 0.5) is 0 Å². The van der Waals surface area contributed by atoms with Gasteiger partial charge >= 0.3 is 0 Å². The predicted molar refractivity (Wildman–Crippen MR) is 109 cm³/mol. The first kappa shape index (κ1) is 19.0. The second-order valence-electron chi connectivity index (χ2n) is 6.90. The molecule has 1 aromatic heterocycles. The van der Waals surface area contributed by atoms with Gasteiger partial charge in [-0.05, 0) is 35.7 Å². The minimum Gasteiger partial charge on any atom is -0.497 e. The molecule has 0 radical (unpaired) electrons. The minimum absolute atomic E-state index is 0.0715. The van der Waals surface area contributed by atoms with Crippen molar-refractivity contribution >= 4 is 16.8 Å². The minimum atomic E-state index is -0.0715. The molecule has 1 amide bonds. The van der Waals surface area contributed by atoms with Gasteiger partial charge in [-0.25, -0.2) is 0 Å². The van der Waals surface area contributed by atoms with Gasteiger partial charge in [0.15, 0.2) is 11.5 Å². The van der Waals surface area contributed by atoms with Crippen LogP contribution < -0.4 is 18.9 Å². The average Bonchev–Trinajstić information content (AvgIpc) is 3.21. The van der Waals surface area contributed by atoms with Crippen LogP contribution in [0.25, 0.3) is 10.9 Å². The molecule has 0 saturated heterocycles. The van der Waals surface area contributed by atoms with Crippen molar-refractivity contribution in [3.8, 4) is 23.0 Å². The highest BCUT2D eigenvalue weighted by Gasteiger charge is 2.25. The summed E-state index contributed by atoms with van der Waals surface area (Å²) in [6.07, 6.45) is 0.811. The number of nitrogens with zero attached hydrogens (tertiary/aromatic N) is 1. The Hall–Kier alpha value is -3.35. The van der Waals surface area contributed by atoms with Gasteiger partial charge in [0.1, 0.15) is 17.2 Å². The van der Waals surface area contributed by atoms with E-state index in [0.717, 1.165) is 23.1 Å². The van der Waals surface area contributed by atoms with E-state index in [2.05, 4.69) is 11.1 Å². The standard InChI is InChI=1S/C22H24N2O5/c1-26-15-6-5-13-7-8-24(12-14(13)9-15)22(25)17-10-16-18(27-2)11-19(28-3)21(29-4)20(16)23-17/h5-6,9-11,23H,7-8,12H2,1-4H3. The molecule has 1 aliphatic rings. The number of carbonyl (C=O) groups is 1. The Morgan fingerprint density at radius 2 is 1.72 bits per heavy atom. The lowest BCUT2D eigenvalue weighted by molar-refractivity contribution is 0.0729. The zero-order valence-electron chi connectivity index (χ0n) is 17.0. The van der Waals surface area contributed by atoms with Gasteiger partial charge in [0.2, 0.25) is 0 Å². The second kappa shape index (κ2) is 7.58. The molecule has 29 heavy (non-hydrogen) atoms. The molecule has 0 atom stereocenters. The molecule has 4 rings (SSSR count). The molecule has 1 aliphatic heterocycles. The number of aromatic amines is 1. The quantitative estimate of drug-likeness (QED) is 0.716. The molecule has 7 nitrogen and oxygen atoms in total. The van der Waals surface area contributed by atoms with Gasteiger partial charge < -0.3 is 28.8 Å². The number of hydrogen-bond donors (Lipinski definition) is 1. The normalized spacial score (nSPS) is 13.2. The second-order valence-corrected chi connectivity index (χ2v) is 6.90. The van der Waals surface area contributed by atoms with Crippen LogP contribution in [0.1, 0.15) is 21.6 Å². The number of hydrogen-bond acceptors (Lipinski definition) is 5. The SMILES string of the molecule is COc1ccc2c(c1)CN(C(=O)c1cc3c(OC)cc(OC)c(OC)c3[nH]1)CC2. The van der Waals surface area contributed by atoms with Crippen LogP contribution in [-0.4, -0.2) is 50.8 Å². The summed E-state index contributed by atoms with van der Waals surface area (Å²) in [7, 11) is 6.37. The molecule has 2 heterocycles. The average molecular weight is 396 g/mol. The van der Waals surface area contributed by atoms with E-state index in [-0.39, 0.29) is 5.91 Å². The number of carbonyl (C=O) groups excluding carboxylic acids is 1. The number of methoxy groups -OCH3 is 4. The summed E-state index contributed by atoms with van der Waals surface area (Å²) in [5.41, 5.74) is 3.51. The van der Waals surface area contributed by atoms with Crippen molar-refractivity contribution < 1.29 is 23.7 Å². The van der Waals surface area contributed by atoms with E-state index in [1.807, 2.05) is 17.0 Å².